The summed E-state index contributed by atoms with van der Waals surface area (Å²) in [5, 5.41) is 0. The highest BCUT2D eigenvalue weighted by molar-refractivity contribution is 5.57. The van der Waals surface area contributed by atoms with Crippen molar-refractivity contribution in [2.75, 3.05) is 43.9 Å². The molecule has 0 bridgehead atoms. The summed E-state index contributed by atoms with van der Waals surface area (Å²) >= 11 is 0. The van der Waals surface area contributed by atoms with Crippen LogP contribution < -0.4 is 10.6 Å². The molecule has 17 heavy (non-hydrogen) atoms. The molecule has 0 spiro atoms. The highest BCUT2D eigenvalue weighted by Gasteiger charge is 2.12. The zero-order chi connectivity index (χ0) is 12.3. The van der Waals surface area contributed by atoms with E-state index >= 15 is 0 Å². The van der Waals surface area contributed by atoms with Crippen LogP contribution in [0.5, 0.6) is 0 Å². The predicted molar refractivity (Wildman–Crippen MR) is 74.5 cm³/mol. The van der Waals surface area contributed by atoms with Gasteiger partial charge in [-0.1, -0.05) is 0 Å². The first kappa shape index (κ1) is 12.2. The summed E-state index contributed by atoms with van der Waals surface area (Å²) in [6.07, 6.45) is 2.72. The van der Waals surface area contributed by atoms with E-state index in [4.69, 9.17) is 5.73 Å². The zero-order valence-corrected chi connectivity index (χ0v) is 10.9. The molecule has 0 radical (unpaired) electrons. The van der Waals surface area contributed by atoms with Crippen LogP contribution >= 0.6 is 0 Å². The number of likely N-dealkylation sites (tertiary alicyclic amines) is 1. The summed E-state index contributed by atoms with van der Waals surface area (Å²) < 4.78 is 0. The third-order valence-corrected chi connectivity index (χ3v) is 3.48. The van der Waals surface area contributed by atoms with Gasteiger partial charge in [0, 0.05) is 31.5 Å². The third kappa shape index (κ3) is 3.37. The van der Waals surface area contributed by atoms with Gasteiger partial charge in [0.2, 0.25) is 0 Å². The van der Waals surface area contributed by atoms with Gasteiger partial charge in [-0.05, 0) is 56.6 Å². The van der Waals surface area contributed by atoms with Crippen molar-refractivity contribution >= 4 is 11.4 Å². The zero-order valence-electron chi connectivity index (χ0n) is 10.9. The Morgan fingerprint density at radius 3 is 2.59 bits per heavy atom. The van der Waals surface area contributed by atoms with Crippen LogP contribution in [-0.2, 0) is 0 Å². The Hall–Kier alpha value is -1.22. The van der Waals surface area contributed by atoms with E-state index in [9.17, 15) is 0 Å². The second-order valence-corrected chi connectivity index (χ2v) is 5.07. The van der Waals surface area contributed by atoms with E-state index in [0.29, 0.717) is 0 Å². The number of likely N-dealkylation sites (N-methyl/N-ethyl adjacent to an activating group) is 1. The quantitative estimate of drug-likeness (QED) is 0.808. The molecular formula is C14H23N3. The van der Waals surface area contributed by atoms with Crippen LogP contribution in [0.3, 0.4) is 0 Å². The highest BCUT2D eigenvalue weighted by Crippen LogP contribution is 2.19. The number of benzene rings is 1. The van der Waals surface area contributed by atoms with Crippen molar-refractivity contribution < 1.29 is 0 Å². The van der Waals surface area contributed by atoms with Gasteiger partial charge in [0.05, 0.1) is 0 Å². The molecule has 0 atom stereocenters. The number of rotatable bonds is 4. The van der Waals surface area contributed by atoms with E-state index in [-0.39, 0.29) is 0 Å². The van der Waals surface area contributed by atoms with Crippen LogP contribution in [0.25, 0.3) is 0 Å². The average Bonchev–Trinajstić information content (AvgIpc) is 2.77. The summed E-state index contributed by atoms with van der Waals surface area (Å²) in [6.45, 7) is 6.86. The van der Waals surface area contributed by atoms with Gasteiger partial charge < -0.3 is 15.5 Å². The lowest BCUT2D eigenvalue weighted by Gasteiger charge is -2.23. The third-order valence-electron chi connectivity index (χ3n) is 3.48. The van der Waals surface area contributed by atoms with Crippen LogP contribution in [0.4, 0.5) is 11.4 Å². The van der Waals surface area contributed by atoms with E-state index < -0.39 is 0 Å². The Morgan fingerprint density at radius 2 is 1.94 bits per heavy atom. The fraction of sp³-hybridized carbons (Fsp3) is 0.571. The Bertz CT molecular complexity index is 349. The Kier molecular flexibility index (Phi) is 3.89. The summed E-state index contributed by atoms with van der Waals surface area (Å²) in [5.74, 6) is 0. The first-order chi connectivity index (χ1) is 8.15. The summed E-state index contributed by atoms with van der Waals surface area (Å²) in [6, 6.07) is 6.26. The van der Waals surface area contributed by atoms with Gasteiger partial charge in [-0.2, -0.15) is 0 Å². The molecule has 2 N–H and O–H groups in total. The lowest BCUT2D eigenvalue weighted by Crippen LogP contribution is -2.31. The number of hydrogen-bond acceptors (Lipinski definition) is 3. The minimum absolute atomic E-state index is 0.855. The van der Waals surface area contributed by atoms with Gasteiger partial charge in [0.25, 0.3) is 0 Å². The van der Waals surface area contributed by atoms with Crippen molar-refractivity contribution in [1.82, 2.24) is 4.90 Å². The van der Waals surface area contributed by atoms with Crippen molar-refractivity contribution in [1.29, 1.82) is 0 Å². The van der Waals surface area contributed by atoms with E-state index in [1.54, 1.807) is 0 Å². The maximum Gasteiger partial charge on any atom is 0.0387 e. The van der Waals surface area contributed by atoms with Crippen LogP contribution in [0, 0.1) is 6.92 Å². The normalized spacial score (nSPS) is 16.4. The van der Waals surface area contributed by atoms with Crippen molar-refractivity contribution in [2.45, 2.75) is 19.8 Å². The van der Waals surface area contributed by atoms with Gasteiger partial charge in [-0.15, -0.1) is 0 Å². The lowest BCUT2D eigenvalue weighted by molar-refractivity contribution is 0.346. The first-order valence-corrected chi connectivity index (χ1v) is 6.46. The van der Waals surface area contributed by atoms with E-state index in [1.807, 2.05) is 6.07 Å². The Labute approximate surface area is 104 Å². The Balaban J connectivity index is 1.91. The number of nitrogen functional groups attached to an aromatic ring is 1. The van der Waals surface area contributed by atoms with Crippen LogP contribution in [-0.4, -0.2) is 38.1 Å². The summed E-state index contributed by atoms with van der Waals surface area (Å²) in [4.78, 5) is 4.83. The molecule has 1 saturated heterocycles. The summed E-state index contributed by atoms with van der Waals surface area (Å²) in [7, 11) is 2.14. The molecule has 0 aromatic heterocycles. The minimum Gasteiger partial charge on any atom is -0.399 e. The number of anilines is 2. The number of aryl methyl sites for hydroxylation is 1. The van der Waals surface area contributed by atoms with Crippen molar-refractivity contribution in [3.05, 3.63) is 23.8 Å². The molecule has 3 nitrogen and oxygen atoms in total. The molecule has 1 aromatic rings. The topological polar surface area (TPSA) is 32.5 Å². The molecule has 1 aromatic carbocycles. The number of nitrogens with two attached hydrogens (primary N) is 1. The van der Waals surface area contributed by atoms with E-state index in [0.717, 1.165) is 18.8 Å². The van der Waals surface area contributed by atoms with Gasteiger partial charge in [-0.3, -0.25) is 0 Å². The maximum atomic E-state index is 5.88. The second-order valence-electron chi connectivity index (χ2n) is 5.07. The van der Waals surface area contributed by atoms with Crippen molar-refractivity contribution in [3.8, 4) is 0 Å². The number of nitrogens with zero attached hydrogens (tertiary/aromatic N) is 2. The molecule has 1 aliphatic heterocycles. The molecule has 1 fully saturated rings. The fourth-order valence-corrected chi connectivity index (χ4v) is 2.44. The largest absolute Gasteiger partial charge is 0.399 e. The maximum absolute atomic E-state index is 5.88. The first-order valence-electron chi connectivity index (χ1n) is 6.46. The molecule has 0 saturated carbocycles. The fourth-order valence-electron chi connectivity index (χ4n) is 2.44. The molecule has 94 valence electrons. The second kappa shape index (κ2) is 5.41. The van der Waals surface area contributed by atoms with Gasteiger partial charge in [-0.25, -0.2) is 0 Å². The minimum atomic E-state index is 0.855. The van der Waals surface area contributed by atoms with E-state index in [2.05, 4.69) is 35.9 Å². The predicted octanol–water partition coefficient (Wildman–Crippen LogP) is 2.11. The molecular weight excluding hydrogens is 210 g/mol. The monoisotopic (exact) mass is 233 g/mol. The van der Waals surface area contributed by atoms with Gasteiger partial charge in [0.1, 0.15) is 0 Å². The van der Waals surface area contributed by atoms with Crippen LogP contribution in [0.15, 0.2) is 18.2 Å². The molecule has 0 aliphatic carbocycles. The SMILES string of the molecule is Cc1cc(N)cc(N(C)CCN2CCCC2)c1. The van der Waals surface area contributed by atoms with Gasteiger partial charge >= 0.3 is 0 Å². The van der Waals surface area contributed by atoms with E-state index in [1.165, 1.54) is 37.2 Å². The molecule has 2 rings (SSSR count). The molecule has 0 unspecified atom stereocenters. The van der Waals surface area contributed by atoms with Crippen LogP contribution in [0.1, 0.15) is 18.4 Å². The molecule has 1 aliphatic rings. The lowest BCUT2D eigenvalue weighted by atomic mass is 10.2. The van der Waals surface area contributed by atoms with Crippen molar-refractivity contribution in [2.24, 2.45) is 0 Å². The molecule has 1 heterocycles. The smallest absolute Gasteiger partial charge is 0.0387 e. The van der Waals surface area contributed by atoms with Crippen molar-refractivity contribution in [3.63, 3.8) is 0 Å². The average molecular weight is 233 g/mol. The highest BCUT2D eigenvalue weighted by atomic mass is 15.2. The van der Waals surface area contributed by atoms with Gasteiger partial charge in [0.15, 0.2) is 0 Å². The number of hydrogen-bond donors (Lipinski definition) is 1. The summed E-state index contributed by atoms with van der Waals surface area (Å²) in [5.41, 5.74) is 9.19. The standard InChI is InChI=1S/C14H23N3/c1-12-9-13(15)11-14(10-12)16(2)7-8-17-5-3-4-6-17/h9-11H,3-8,15H2,1-2H3. The van der Waals surface area contributed by atoms with Crippen LogP contribution in [0.2, 0.25) is 0 Å². The molecule has 3 heteroatoms. The Morgan fingerprint density at radius 1 is 1.24 bits per heavy atom. The molecule has 0 amide bonds.